The van der Waals surface area contributed by atoms with Crippen molar-refractivity contribution in [1.82, 2.24) is 20.1 Å². The highest BCUT2D eigenvalue weighted by atomic mass is 32.2. The van der Waals surface area contributed by atoms with Gasteiger partial charge >= 0.3 is 0 Å². The van der Waals surface area contributed by atoms with Gasteiger partial charge in [0.25, 0.3) is 0 Å². The molecule has 1 N–H and O–H groups in total. The highest BCUT2D eigenvalue weighted by molar-refractivity contribution is 7.99. The highest BCUT2D eigenvalue weighted by Gasteiger charge is 1.99. The maximum absolute atomic E-state index is 4.06. The monoisotopic (exact) mass is 242 g/mol. The molecule has 0 fully saturated rings. The van der Waals surface area contributed by atoms with Crippen molar-refractivity contribution in [1.29, 1.82) is 0 Å². The van der Waals surface area contributed by atoms with Crippen LogP contribution in [0.15, 0.2) is 6.33 Å². The molecule has 0 saturated carbocycles. The molecule has 4 nitrogen and oxygen atoms in total. The number of rotatable bonds is 9. The third-order valence-electron chi connectivity index (χ3n) is 2.39. The second kappa shape index (κ2) is 8.58. The summed E-state index contributed by atoms with van der Waals surface area (Å²) in [4.78, 5) is 0. The Morgan fingerprint density at radius 2 is 2.25 bits per heavy atom. The third-order valence-corrected chi connectivity index (χ3v) is 3.37. The lowest BCUT2D eigenvalue weighted by Gasteiger charge is -2.06. The third kappa shape index (κ3) is 4.99. The fourth-order valence-corrected chi connectivity index (χ4v) is 2.14. The first-order valence-electron chi connectivity index (χ1n) is 6.03. The summed E-state index contributed by atoms with van der Waals surface area (Å²) in [7, 11) is 0. The Morgan fingerprint density at radius 1 is 1.38 bits per heavy atom. The number of nitrogens with zero attached hydrogens (tertiary/aromatic N) is 3. The summed E-state index contributed by atoms with van der Waals surface area (Å²) >= 11 is 2.00. The van der Waals surface area contributed by atoms with Gasteiger partial charge in [0.15, 0.2) is 0 Å². The molecular weight excluding hydrogens is 220 g/mol. The molecule has 5 heteroatoms. The topological polar surface area (TPSA) is 42.7 Å². The van der Waals surface area contributed by atoms with Crippen molar-refractivity contribution in [2.24, 2.45) is 0 Å². The molecule has 0 aliphatic carbocycles. The normalized spacial score (nSPS) is 10.9. The van der Waals surface area contributed by atoms with E-state index in [1.165, 1.54) is 17.9 Å². The van der Waals surface area contributed by atoms with E-state index in [0.717, 1.165) is 31.9 Å². The van der Waals surface area contributed by atoms with Gasteiger partial charge < -0.3 is 9.88 Å². The fraction of sp³-hybridized carbons (Fsp3) is 0.818. The summed E-state index contributed by atoms with van der Waals surface area (Å²) in [6.07, 6.45) is 4.02. The number of hydrogen-bond acceptors (Lipinski definition) is 4. The van der Waals surface area contributed by atoms with Gasteiger partial charge in [-0.2, -0.15) is 11.8 Å². The average Bonchev–Trinajstić information content (AvgIpc) is 2.75. The molecule has 16 heavy (non-hydrogen) atoms. The van der Waals surface area contributed by atoms with E-state index in [1.54, 1.807) is 0 Å². The Balaban J connectivity index is 2.03. The molecule has 0 unspecified atom stereocenters. The minimum Gasteiger partial charge on any atom is -0.316 e. The lowest BCUT2D eigenvalue weighted by molar-refractivity contribution is 0.579. The molecule has 0 bridgehead atoms. The van der Waals surface area contributed by atoms with E-state index >= 15 is 0 Å². The molecular formula is C11H22N4S. The molecule has 0 radical (unpaired) electrons. The van der Waals surface area contributed by atoms with Crippen LogP contribution in [0.2, 0.25) is 0 Å². The second-order valence-electron chi connectivity index (χ2n) is 3.59. The van der Waals surface area contributed by atoms with Gasteiger partial charge in [0.2, 0.25) is 0 Å². The van der Waals surface area contributed by atoms with Gasteiger partial charge in [0.05, 0.1) is 0 Å². The van der Waals surface area contributed by atoms with E-state index in [0.29, 0.717) is 0 Å². The first-order valence-corrected chi connectivity index (χ1v) is 7.19. The Hall–Kier alpha value is -0.550. The van der Waals surface area contributed by atoms with Gasteiger partial charge in [-0.05, 0) is 24.5 Å². The minimum atomic E-state index is 0.952. The van der Waals surface area contributed by atoms with Crippen molar-refractivity contribution in [3.63, 3.8) is 0 Å². The van der Waals surface area contributed by atoms with Crippen molar-refractivity contribution in [2.45, 2.75) is 33.2 Å². The number of aromatic nitrogens is 3. The van der Waals surface area contributed by atoms with E-state index in [1.807, 2.05) is 18.1 Å². The lowest BCUT2D eigenvalue weighted by atomic mass is 10.4. The number of thioether (sulfide) groups is 1. The Kier molecular flexibility index (Phi) is 7.25. The molecule has 1 heterocycles. The van der Waals surface area contributed by atoms with Crippen LogP contribution in [0.3, 0.4) is 0 Å². The summed E-state index contributed by atoms with van der Waals surface area (Å²) in [5.74, 6) is 3.56. The standard InChI is InChI=1S/C11H22N4S/c1-3-11-14-13-10-15(11)8-7-12-6-5-9-16-4-2/h10,12H,3-9H2,1-2H3. The first-order chi connectivity index (χ1) is 7.88. The summed E-state index contributed by atoms with van der Waals surface area (Å²) in [5, 5.41) is 11.4. The quantitative estimate of drug-likeness (QED) is 0.668. The first kappa shape index (κ1) is 13.5. The summed E-state index contributed by atoms with van der Waals surface area (Å²) < 4.78 is 2.12. The van der Waals surface area contributed by atoms with Gasteiger partial charge in [-0.25, -0.2) is 0 Å². The zero-order valence-electron chi connectivity index (χ0n) is 10.3. The van der Waals surface area contributed by atoms with Crippen LogP contribution >= 0.6 is 11.8 Å². The lowest BCUT2D eigenvalue weighted by Crippen LogP contribution is -2.22. The molecule has 0 aliphatic heterocycles. The molecule has 92 valence electrons. The van der Waals surface area contributed by atoms with E-state index in [4.69, 9.17) is 0 Å². The van der Waals surface area contributed by atoms with Crippen molar-refractivity contribution in [3.05, 3.63) is 12.2 Å². The number of aryl methyl sites for hydroxylation is 1. The number of hydrogen-bond donors (Lipinski definition) is 1. The average molecular weight is 242 g/mol. The van der Waals surface area contributed by atoms with E-state index in [9.17, 15) is 0 Å². The maximum atomic E-state index is 4.06. The van der Waals surface area contributed by atoms with Gasteiger partial charge in [0.1, 0.15) is 12.2 Å². The van der Waals surface area contributed by atoms with Gasteiger partial charge in [0, 0.05) is 19.5 Å². The molecule has 0 amide bonds. The molecule has 0 saturated heterocycles. The SMILES string of the molecule is CCSCCCNCCn1cnnc1CC. The van der Waals surface area contributed by atoms with Crippen molar-refractivity contribution in [2.75, 3.05) is 24.6 Å². The van der Waals surface area contributed by atoms with Crippen LogP contribution in [-0.2, 0) is 13.0 Å². The van der Waals surface area contributed by atoms with Crippen LogP contribution in [0, 0.1) is 0 Å². The second-order valence-corrected chi connectivity index (χ2v) is 4.99. The van der Waals surface area contributed by atoms with Gasteiger partial charge in [-0.15, -0.1) is 10.2 Å². The van der Waals surface area contributed by atoms with E-state index in [2.05, 4.69) is 33.9 Å². The molecule has 0 spiro atoms. The predicted molar refractivity (Wildman–Crippen MR) is 69.9 cm³/mol. The zero-order chi connectivity index (χ0) is 11.6. The summed E-state index contributed by atoms with van der Waals surface area (Å²) in [5.41, 5.74) is 0. The Bertz CT molecular complexity index is 275. The maximum Gasteiger partial charge on any atom is 0.132 e. The van der Waals surface area contributed by atoms with Crippen LogP contribution in [0.5, 0.6) is 0 Å². The molecule has 1 aromatic heterocycles. The largest absolute Gasteiger partial charge is 0.316 e. The van der Waals surface area contributed by atoms with Gasteiger partial charge in [-0.3, -0.25) is 0 Å². The van der Waals surface area contributed by atoms with Gasteiger partial charge in [-0.1, -0.05) is 13.8 Å². The van der Waals surface area contributed by atoms with Crippen LogP contribution in [0.4, 0.5) is 0 Å². The van der Waals surface area contributed by atoms with E-state index in [-0.39, 0.29) is 0 Å². The predicted octanol–water partition coefficient (Wildman–Crippen LogP) is 1.57. The smallest absolute Gasteiger partial charge is 0.132 e. The molecule has 0 aromatic carbocycles. The molecule has 1 rings (SSSR count). The minimum absolute atomic E-state index is 0.952. The van der Waals surface area contributed by atoms with Crippen LogP contribution in [-0.4, -0.2) is 39.4 Å². The van der Waals surface area contributed by atoms with Crippen LogP contribution in [0.1, 0.15) is 26.1 Å². The van der Waals surface area contributed by atoms with Crippen LogP contribution < -0.4 is 5.32 Å². The fourth-order valence-electron chi connectivity index (χ4n) is 1.51. The molecule has 0 atom stereocenters. The zero-order valence-corrected chi connectivity index (χ0v) is 11.1. The summed E-state index contributed by atoms with van der Waals surface area (Å²) in [6, 6.07) is 0. The van der Waals surface area contributed by atoms with Crippen molar-refractivity contribution in [3.8, 4) is 0 Å². The Morgan fingerprint density at radius 3 is 3.00 bits per heavy atom. The van der Waals surface area contributed by atoms with Crippen molar-refractivity contribution < 1.29 is 0 Å². The van der Waals surface area contributed by atoms with E-state index < -0.39 is 0 Å². The van der Waals surface area contributed by atoms with Crippen molar-refractivity contribution >= 4 is 11.8 Å². The molecule has 0 aliphatic rings. The Labute approximate surface area is 102 Å². The number of nitrogens with one attached hydrogen (secondary N) is 1. The van der Waals surface area contributed by atoms with Crippen LogP contribution in [0.25, 0.3) is 0 Å². The summed E-state index contributed by atoms with van der Waals surface area (Å²) in [6.45, 7) is 7.39. The molecule has 1 aromatic rings. The highest BCUT2D eigenvalue weighted by Crippen LogP contribution is 1.99.